The molecule has 17 heteroatoms. The van der Waals surface area contributed by atoms with E-state index in [0.29, 0.717) is 0 Å². The molecule has 1 aromatic heterocycles. The Morgan fingerprint density at radius 3 is 2.62 bits per heavy atom. The van der Waals surface area contributed by atoms with Crippen LogP contribution in [0.1, 0.15) is 8.97 Å². The fourth-order valence-corrected chi connectivity index (χ4v) is 3.61. The summed E-state index contributed by atoms with van der Waals surface area (Å²) in [5.74, 6) is -4.04. The molecule has 1 unspecified atom stereocenters. The Balaban J connectivity index is 2.38. The average Bonchev–Trinajstić information content (AvgIpc) is 2.69. The predicted molar refractivity (Wildman–Crippen MR) is 80.8 cm³/mol. The first-order chi connectivity index (χ1) is 12.5. The van der Waals surface area contributed by atoms with Gasteiger partial charge in [0.15, 0.2) is 11.0 Å². The molecule has 0 spiro atoms. The van der Waals surface area contributed by atoms with E-state index in [2.05, 4.69) is 18.6 Å². The number of phosphoric acid groups is 2. The maximum absolute atomic E-state index is 15.1. The van der Waals surface area contributed by atoms with Crippen LogP contribution in [-0.2, 0) is 22.7 Å². The molecule has 26 heavy (non-hydrogen) atoms. The van der Waals surface area contributed by atoms with E-state index >= 15 is 4.39 Å². The SMILES string of the molecule is [2H]C([2H])(OP(=O)(O)OP(=O)(O)O)[C@@]1(F)O[C@@H](n2ccc(=O)[nH]c2=S)[C@H](O)[C@@H]1O. The molecule has 0 bridgehead atoms. The van der Waals surface area contributed by atoms with Crippen LogP contribution in [0.5, 0.6) is 0 Å². The second-order valence-corrected chi connectivity index (χ2v) is 7.98. The zero-order chi connectivity index (χ0) is 21.7. The van der Waals surface area contributed by atoms with Gasteiger partial charge in [-0.25, -0.2) is 13.5 Å². The molecule has 0 amide bonds. The fourth-order valence-electron chi connectivity index (χ4n) is 1.90. The van der Waals surface area contributed by atoms with E-state index in [9.17, 15) is 29.0 Å². The minimum atomic E-state index is -5.91. The third-order valence-electron chi connectivity index (χ3n) is 2.92. The second-order valence-electron chi connectivity index (χ2n) is 4.84. The molecule has 0 aliphatic carbocycles. The monoisotopic (exact) mass is 440 g/mol. The molecule has 148 valence electrons. The molecule has 1 fully saturated rings. The number of nitrogens with zero attached hydrogens (tertiary/aromatic N) is 1. The van der Waals surface area contributed by atoms with E-state index in [1.165, 1.54) is 0 Å². The minimum Gasteiger partial charge on any atom is -0.385 e. The van der Waals surface area contributed by atoms with E-state index in [4.69, 9.17) is 24.7 Å². The summed E-state index contributed by atoms with van der Waals surface area (Å²) in [6.07, 6.45) is -5.96. The molecule has 1 saturated heterocycles. The zero-order valence-electron chi connectivity index (χ0n) is 14.2. The Bertz CT molecular complexity index is 968. The number of halogens is 1. The van der Waals surface area contributed by atoms with Gasteiger partial charge in [0.25, 0.3) is 11.4 Å². The van der Waals surface area contributed by atoms with Gasteiger partial charge in [-0.15, -0.1) is 0 Å². The number of hydrogen-bond donors (Lipinski definition) is 6. The molecule has 1 aliphatic heterocycles. The second kappa shape index (κ2) is 7.30. The Hall–Kier alpha value is -0.830. The molecule has 0 saturated carbocycles. The van der Waals surface area contributed by atoms with Crippen molar-refractivity contribution in [3.63, 3.8) is 0 Å². The molecule has 0 radical (unpaired) electrons. The Morgan fingerprint density at radius 2 is 2.08 bits per heavy atom. The van der Waals surface area contributed by atoms with E-state index in [1.54, 1.807) is 0 Å². The first-order valence-corrected chi connectivity index (χ1v) is 9.77. The van der Waals surface area contributed by atoms with Gasteiger partial charge in [0.05, 0.1) is 2.74 Å². The number of aromatic nitrogens is 2. The molecule has 2 heterocycles. The van der Waals surface area contributed by atoms with Crippen LogP contribution in [0.15, 0.2) is 17.1 Å². The number of hydrogen-bond acceptors (Lipinski definition) is 9. The van der Waals surface area contributed by atoms with E-state index in [-0.39, 0.29) is 0 Å². The van der Waals surface area contributed by atoms with Crippen molar-refractivity contribution in [3.05, 3.63) is 27.4 Å². The number of ether oxygens (including phenoxy) is 1. The lowest BCUT2D eigenvalue weighted by Crippen LogP contribution is -2.42. The largest absolute Gasteiger partial charge is 0.481 e. The molecular formula is C9H13FN2O11P2S. The van der Waals surface area contributed by atoms with Gasteiger partial charge in [-0.1, -0.05) is 0 Å². The van der Waals surface area contributed by atoms with Gasteiger partial charge in [-0.05, 0) is 12.2 Å². The zero-order valence-corrected chi connectivity index (χ0v) is 14.8. The molecule has 2 rings (SSSR count). The van der Waals surface area contributed by atoms with Crippen LogP contribution in [0, 0.1) is 4.77 Å². The number of alkyl halides is 1. The van der Waals surface area contributed by atoms with Gasteiger partial charge in [0.2, 0.25) is 0 Å². The number of aromatic amines is 1. The lowest BCUT2D eigenvalue weighted by Gasteiger charge is -2.24. The third-order valence-corrected chi connectivity index (χ3v) is 5.23. The Kier molecular flexibility index (Phi) is 5.20. The molecule has 1 aromatic rings. The van der Waals surface area contributed by atoms with Crippen LogP contribution < -0.4 is 5.56 Å². The molecule has 1 aliphatic rings. The summed E-state index contributed by atoms with van der Waals surface area (Å²) >= 11 is 4.78. The van der Waals surface area contributed by atoms with E-state index in [1.807, 2.05) is 0 Å². The van der Waals surface area contributed by atoms with Gasteiger partial charge in [0, 0.05) is 12.3 Å². The smallest absolute Gasteiger partial charge is 0.385 e. The molecule has 0 aromatic carbocycles. The molecule has 13 nitrogen and oxygen atoms in total. The van der Waals surface area contributed by atoms with Crippen LogP contribution in [-0.4, -0.2) is 59.1 Å². The van der Waals surface area contributed by atoms with Gasteiger partial charge >= 0.3 is 15.6 Å². The maximum atomic E-state index is 15.1. The Morgan fingerprint density at radius 1 is 1.46 bits per heavy atom. The highest BCUT2D eigenvalue weighted by Gasteiger charge is 2.57. The first kappa shape index (κ1) is 18.5. The summed E-state index contributed by atoms with van der Waals surface area (Å²) in [5.41, 5.74) is -0.671. The molecular weight excluding hydrogens is 425 g/mol. The third kappa shape index (κ3) is 4.91. The van der Waals surface area contributed by atoms with Crippen LogP contribution in [0.4, 0.5) is 4.39 Å². The summed E-state index contributed by atoms with van der Waals surface area (Å²) in [5, 5.41) is 19.9. The van der Waals surface area contributed by atoms with Crippen molar-refractivity contribution in [2.45, 2.75) is 24.3 Å². The van der Waals surface area contributed by atoms with Gasteiger partial charge in [0.1, 0.15) is 18.8 Å². The minimum absolute atomic E-state index is 0.410. The predicted octanol–water partition coefficient (Wildman–Crippen LogP) is -0.951. The summed E-state index contributed by atoms with van der Waals surface area (Å²) in [6, 6.07) is 0.886. The number of H-pyrrole nitrogens is 1. The molecule has 6 N–H and O–H groups in total. The fraction of sp³-hybridized carbons (Fsp3) is 0.556. The number of rotatable bonds is 6. The number of aliphatic hydroxyl groups excluding tert-OH is 2. The van der Waals surface area contributed by atoms with Crippen molar-refractivity contribution < 1.29 is 54.7 Å². The lowest BCUT2D eigenvalue weighted by atomic mass is 10.1. The maximum Gasteiger partial charge on any atom is 0.481 e. The molecule has 5 atom stereocenters. The quantitative estimate of drug-likeness (QED) is 0.234. The normalized spacial score (nSPS) is 33.4. The summed E-state index contributed by atoms with van der Waals surface area (Å²) in [6.45, 7) is -4.08. The number of nitrogens with one attached hydrogen (secondary N) is 1. The number of aliphatic hydroxyl groups is 2. The Labute approximate surface area is 151 Å². The van der Waals surface area contributed by atoms with Crippen molar-refractivity contribution in [2.24, 2.45) is 0 Å². The van der Waals surface area contributed by atoms with Crippen LogP contribution in [0.2, 0.25) is 0 Å². The van der Waals surface area contributed by atoms with Crippen molar-refractivity contribution >= 4 is 27.9 Å². The van der Waals surface area contributed by atoms with Crippen LogP contribution >= 0.6 is 27.9 Å². The summed E-state index contributed by atoms with van der Waals surface area (Å²) in [7, 11) is -11.6. The van der Waals surface area contributed by atoms with Gasteiger partial charge in [-0.3, -0.25) is 18.9 Å². The van der Waals surface area contributed by atoms with Crippen molar-refractivity contribution in [3.8, 4) is 0 Å². The van der Waals surface area contributed by atoms with Crippen LogP contribution in [0.3, 0.4) is 0 Å². The first-order valence-electron chi connectivity index (χ1n) is 7.34. The van der Waals surface area contributed by atoms with E-state index < -0.39 is 56.8 Å². The highest BCUT2D eigenvalue weighted by Crippen LogP contribution is 2.58. The van der Waals surface area contributed by atoms with Crippen molar-refractivity contribution in [1.29, 1.82) is 0 Å². The van der Waals surface area contributed by atoms with Crippen LogP contribution in [0.25, 0.3) is 0 Å². The lowest BCUT2D eigenvalue weighted by molar-refractivity contribution is -0.204. The topological polar surface area (TPSA) is 201 Å². The van der Waals surface area contributed by atoms with Crippen molar-refractivity contribution in [1.82, 2.24) is 9.55 Å². The highest BCUT2D eigenvalue weighted by atomic mass is 32.1. The van der Waals surface area contributed by atoms with Crippen molar-refractivity contribution in [2.75, 3.05) is 6.56 Å². The summed E-state index contributed by atoms with van der Waals surface area (Å²) in [4.78, 5) is 39.5. The summed E-state index contributed by atoms with van der Waals surface area (Å²) < 4.78 is 64.3. The number of phosphoric ester groups is 1. The van der Waals surface area contributed by atoms with Gasteiger partial charge < -0.3 is 29.6 Å². The van der Waals surface area contributed by atoms with E-state index in [0.717, 1.165) is 16.8 Å². The highest BCUT2D eigenvalue weighted by molar-refractivity contribution is 7.71. The van der Waals surface area contributed by atoms with Gasteiger partial charge in [-0.2, -0.15) is 4.31 Å². The average molecular weight is 440 g/mol. The standard InChI is InChI=1S/C9H13FN2O11P2S/c10-9(3-21-25(19,20)23-24(16,17)18)6(15)5(14)7(22-9)12-2-1-4(13)11-8(12)26/h1-2,5-7,14-15H,3H2,(H,19,20)(H,11,13,26)(H2,16,17,18)/t5-,6+,7-,9-/m1/s1/i3D2.